The van der Waals surface area contributed by atoms with E-state index in [1.165, 1.54) is 0 Å². The minimum atomic E-state index is -1.47. The first kappa shape index (κ1) is 19.6. The summed E-state index contributed by atoms with van der Waals surface area (Å²) in [5.74, 6) is 2.72. The van der Waals surface area contributed by atoms with Crippen molar-refractivity contribution in [1.29, 1.82) is 0 Å². The molecule has 118 valence electrons. The Bertz CT molecular complexity index is 422. The van der Waals surface area contributed by atoms with Crippen LogP contribution in [0.3, 0.4) is 0 Å². The van der Waals surface area contributed by atoms with E-state index in [-0.39, 0.29) is 18.5 Å². The maximum atomic E-state index is 11.4. The van der Waals surface area contributed by atoms with Crippen LogP contribution in [0.4, 0.5) is 0 Å². The normalized spacial score (nSPS) is 12.1. The van der Waals surface area contributed by atoms with Gasteiger partial charge in [-0.3, -0.25) is 4.79 Å². The molecule has 0 unspecified atom stereocenters. The first-order valence-corrected chi connectivity index (χ1v) is 10.3. The molecule has 0 aliphatic rings. The highest BCUT2D eigenvalue weighted by Crippen LogP contribution is 2.18. The van der Waals surface area contributed by atoms with Crippen molar-refractivity contribution in [2.75, 3.05) is 6.61 Å². The molecule has 0 fully saturated rings. The zero-order chi connectivity index (χ0) is 16.3. The van der Waals surface area contributed by atoms with E-state index in [9.17, 15) is 4.79 Å². The van der Waals surface area contributed by atoms with Gasteiger partial charge in [0.1, 0.15) is 14.7 Å². The van der Waals surface area contributed by atoms with Crippen LogP contribution in [-0.2, 0) is 9.53 Å². The molecular formula is C15H27N3O2Si. The fourth-order valence-corrected chi connectivity index (χ4v) is 4.43. The maximum absolute atomic E-state index is 11.4. The first-order chi connectivity index (χ1) is 9.94. The summed E-state index contributed by atoms with van der Waals surface area (Å²) in [6.07, 6.45) is 0.449. The third-order valence-corrected chi connectivity index (χ3v) is 8.59. The summed E-state index contributed by atoms with van der Waals surface area (Å²) in [4.78, 5) is 14.2. The lowest BCUT2D eigenvalue weighted by Crippen LogP contribution is -2.29. The predicted molar refractivity (Wildman–Crippen MR) is 88.3 cm³/mol. The summed E-state index contributed by atoms with van der Waals surface area (Å²) < 4.78 is 5.12. The quantitative estimate of drug-likeness (QED) is 0.167. The molecule has 0 radical (unpaired) electrons. The van der Waals surface area contributed by atoms with Gasteiger partial charge < -0.3 is 4.74 Å². The number of carbonyl (C=O) groups is 1. The summed E-state index contributed by atoms with van der Waals surface area (Å²) in [6, 6.07) is 3.02. The summed E-state index contributed by atoms with van der Waals surface area (Å²) >= 11 is 0. The van der Waals surface area contributed by atoms with E-state index in [2.05, 4.69) is 42.3 Å². The van der Waals surface area contributed by atoms with Crippen molar-refractivity contribution < 1.29 is 9.53 Å². The highest BCUT2D eigenvalue weighted by atomic mass is 28.3. The fourth-order valence-electron chi connectivity index (χ4n) is 1.92. The van der Waals surface area contributed by atoms with E-state index in [0.29, 0.717) is 6.42 Å². The van der Waals surface area contributed by atoms with E-state index in [4.69, 9.17) is 10.3 Å². The zero-order valence-corrected chi connectivity index (χ0v) is 14.8. The molecule has 0 rings (SSSR count). The molecule has 0 aromatic heterocycles. The second-order valence-electron chi connectivity index (χ2n) is 5.49. The number of rotatable bonds is 8. The highest BCUT2D eigenvalue weighted by molar-refractivity contribution is 6.87. The van der Waals surface area contributed by atoms with Gasteiger partial charge in [0.05, 0.1) is 12.0 Å². The van der Waals surface area contributed by atoms with Crippen LogP contribution in [-0.4, -0.2) is 26.7 Å². The van der Waals surface area contributed by atoms with Gasteiger partial charge in [-0.1, -0.05) is 39.7 Å². The smallest absolute Gasteiger partial charge is 0.308 e. The molecule has 0 bridgehead atoms. The second kappa shape index (κ2) is 10.3. The minimum absolute atomic E-state index is 0.106. The van der Waals surface area contributed by atoms with Crippen LogP contribution in [0.1, 0.15) is 41.0 Å². The Morgan fingerprint density at radius 2 is 1.86 bits per heavy atom. The van der Waals surface area contributed by atoms with Crippen LogP contribution in [0.15, 0.2) is 5.11 Å². The second-order valence-corrected chi connectivity index (χ2v) is 10.4. The summed E-state index contributed by atoms with van der Waals surface area (Å²) in [7, 11) is -1.47. The number of nitrogens with zero attached hydrogens (tertiary/aromatic N) is 3. The van der Waals surface area contributed by atoms with E-state index >= 15 is 0 Å². The molecule has 5 nitrogen and oxygen atoms in total. The SMILES string of the molecule is CC[Si](C#CC[C@@H](COC(=O)C(C)C)N=[N+]=[N-])(CC)CC. The molecule has 0 amide bonds. The molecular weight excluding hydrogens is 282 g/mol. The van der Waals surface area contributed by atoms with Gasteiger partial charge in [-0.25, -0.2) is 0 Å². The summed E-state index contributed by atoms with van der Waals surface area (Å²) in [5.41, 5.74) is 12.0. The van der Waals surface area contributed by atoms with Gasteiger partial charge in [0.15, 0.2) is 0 Å². The fraction of sp³-hybridized carbons (Fsp3) is 0.800. The summed E-state index contributed by atoms with van der Waals surface area (Å²) in [6.45, 7) is 10.2. The Kier molecular flexibility index (Phi) is 9.60. The number of carbonyl (C=O) groups excluding carboxylic acids is 1. The minimum Gasteiger partial charge on any atom is -0.465 e. The summed E-state index contributed by atoms with van der Waals surface area (Å²) in [5, 5.41) is 3.67. The number of hydrogen-bond acceptors (Lipinski definition) is 3. The standard InChI is InChI=1S/C15H27N3O2Si/c1-6-21(7-2,8-3)11-9-10-14(17-18-16)12-20-15(19)13(4)5/h13-14H,6-8,10,12H2,1-5H3/t14-/m0/s1. The van der Waals surface area contributed by atoms with Crippen molar-refractivity contribution in [2.45, 2.75) is 65.2 Å². The molecule has 1 atom stereocenters. The lowest BCUT2D eigenvalue weighted by molar-refractivity contribution is -0.147. The van der Waals surface area contributed by atoms with Crippen molar-refractivity contribution >= 4 is 14.0 Å². The van der Waals surface area contributed by atoms with E-state index < -0.39 is 14.1 Å². The lowest BCUT2D eigenvalue weighted by Gasteiger charge is -2.20. The molecule has 0 aliphatic heterocycles. The number of azide groups is 1. The zero-order valence-electron chi connectivity index (χ0n) is 13.8. The first-order valence-electron chi connectivity index (χ1n) is 7.65. The number of hydrogen-bond donors (Lipinski definition) is 0. The Labute approximate surface area is 129 Å². The Morgan fingerprint density at radius 3 is 2.29 bits per heavy atom. The Balaban J connectivity index is 4.67. The van der Waals surface area contributed by atoms with Gasteiger partial charge in [0.2, 0.25) is 0 Å². The molecule has 0 heterocycles. The van der Waals surface area contributed by atoms with Gasteiger partial charge in [-0.15, -0.1) is 11.5 Å². The van der Waals surface area contributed by atoms with Gasteiger partial charge in [-0.05, 0) is 23.7 Å². The van der Waals surface area contributed by atoms with Crippen molar-refractivity contribution in [3.05, 3.63) is 10.4 Å². The Hall–Kier alpha value is -1.44. The highest BCUT2D eigenvalue weighted by Gasteiger charge is 2.24. The average Bonchev–Trinajstić information content (AvgIpc) is 2.49. The van der Waals surface area contributed by atoms with Crippen molar-refractivity contribution in [2.24, 2.45) is 11.0 Å². The maximum Gasteiger partial charge on any atom is 0.308 e. The average molecular weight is 309 g/mol. The van der Waals surface area contributed by atoms with E-state index in [0.717, 1.165) is 18.1 Å². The largest absolute Gasteiger partial charge is 0.465 e. The van der Waals surface area contributed by atoms with Gasteiger partial charge >= 0.3 is 5.97 Å². The monoisotopic (exact) mass is 309 g/mol. The van der Waals surface area contributed by atoms with Crippen LogP contribution in [0.25, 0.3) is 10.4 Å². The topological polar surface area (TPSA) is 75.1 Å². The van der Waals surface area contributed by atoms with Gasteiger partial charge in [0, 0.05) is 11.3 Å². The molecule has 0 spiro atoms. The van der Waals surface area contributed by atoms with E-state index in [1.54, 1.807) is 13.8 Å². The molecule has 0 aromatic rings. The molecule has 0 aromatic carbocycles. The molecule has 0 saturated carbocycles. The van der Waals surface area contributed by atoms with Crippen LogP contribution in [0.5, 0.6) is 0 Å². The van der Waals surface area contributed by atoms with E-state index in [1.807, 2.05) is 0 Å². The molecule has 0 N–H and O–H groups in total. The van der Waals surface area contributed by atoms with Crippen LogP contribution in [0, 0.1) is 17.4 Å². The van der Waals surface area contributed by atoms with Crippen LogP contribution < -0.4 is 0 Å². The van der Waals surface area contributed by atoms with Crippen LogP contribution in [0.2, 0.25) is 18.1 Å². The predicted octanol–water partition coefficient (Wildman–Crippen LogP) is 4.31. The molecule has 0 aliphatic carbocycles. The molecule has 6 heteroatoms. The molecule has 21 heavy (non-hydrogen) atoms. The van der Waals surface area contributed by atoms with Gasteiger partial charge in [0.25, 0.3) is 0 Å². The van der Waals surface area contributed by atoms with Crippen molar-refractivity contribution in [3.8, 4) is 11.5 Å². The third-order valence-electron chi connectivity index (χ3n) is 3.83. The van der Waals surface area contributed by atoms with Gasteiger partial charge in [-0.2, -0.15) is 0 Å². The Morgan fingerprint density at radius 1 is 1.29 bits per heavy atom. The van der Waals surface area contributed by atoms with Crippen LogP contribution >= 0.6 is 0 Å². The third kappa shape index (κ3) is 7.21. The lowest BCUT2D eigenvalue weighted by atomic mass is 10.2. The van der Waals surface area contributed by atoms with Crippen molar-refractivity contribution in [1.82, 2.24) is 0 Å². The van der Waals surface area contributed by atoms with Crippen molar-refractivity contribution in [3.63, 3.8) is 0 Å². The number of ether oxygens (including phenoxy) is 1. The molecule has 0 saturated heterocycles. The number of esters is 1.